The van der Waals surface area contributed by atoms with Crippen molar-refractivity contribution in [3.8, 4) is 11.9 Å². The van der Waals surface area contributed by atoms with Crippen LogP contribution in [-0.2, 0) is 6.54 Å². The number of benzene rings is 1. The molecule has 0 fully saturated rings. The summed E-state index contributed by atoms with van der Waals surface area (Å²) in [6.45, 7) is 2.65. The fraction of sp³-hybridized carbons (Fsp3) is 0.231. The second-order valence-electron chi connectivity index (χ2n) is 3.75. The van der Waals surface area contributed by atoms with Gasteiger partial charge in [-0.25, -0.2) is 0 Å². The molecule has 0 spiro atoms. The largest absolute Gasteiger partial charge is 0.461 e. The number of nitrogens with zero attached hydrogens (tertiary/aromatic N) is 3. The van der Waals surface area contributed by atoms with Crippen molar-refractivity contribution in [1.29, 1.82) is 5.26 Å². The van der Waals surface area contributed by atoms with Gasteiger partial charge >= 0.3 is 0 Å². The predicted octanol–water partition coefficient (Wildman–Crippen LogP) is 2.14. The minimum Gasteiger partial charge on any atom is -0.461 e. The summed E-state index contributed by atoms with van der Waals surface area (Å²) in [4.78, 5) is 0. The molecule has 0 amide bonds. The predicted molar refractivity (Wildman–Crippen MR) is 63.6 cm³/mol. The Morgan fingerprint density at radius 1 is 1.35 bits per heavy atom. The Hall–Kier alpha value is -2.28. The molecule has 0 bridgehead atoms. The molecule has 0 saturated heterocycles. The van der Waals surface area contributed by atoms with E-state index in [0.717, 1.165) is 5.56 Å². The third kappa shape index (κ3) is 2.85. The molecule has 0 aliphatic heterocycles. The van der Waals surface area contributed by atoms with Crippen LogP contribution in [0, 0.1) is 18.3 Å². The first-order valence-corrected chi connectivity index (χ1v) is 5.37. The lowest BCUT2D eigenvalue weighted by atomic mass is 10.2. The van der Waals surface area contributed by atoms with E-state index in [1.54, 1.807) is 0 Å². The van der Waals surface area contributed by atoms with Gasteiger partial charge in [0.05, 0.1) is 6.54 Å². The van der Waals surface area contributed by atoms with Crippen LogP contribution < -0.4 is 4.74 Å². The van der Waals surface area contributed by atoms with Gasteiger partial charge in [-0.05, 0) is 12.5 Å². The van der Waals surface area contributed by atoms with Crippen LogP contribution in [0.25, 0.3) is 0 Å². The Bertz CT molecular complexity index is 525. The first-order valence-electron chi connectivity index (χ1n) is 5.37. The summed E-state index contributed by atoms with van der Waals surface area (Å²) in [7, 11) is 0. The molecule has 0 radical (unpaired) electrons. The highest BCUT2D eigenvalue weighted by Gasteiger charge is 2.06. The number of aromatic nitrogens is 2. The zero-order valence-electron chi connectivity index (χ0n) is 9.63. The van der Waals surface area contributed by atoms with Gasteiger partial charge in [-0.2, -0.15) is 5.26 Å². The summed E-state index contributed by atoms with van der Waals surface area (Å²) in [6.07, 6.45) is 1.92. The molecule has 1 aromatic heterocycles. The monoisotopic (exact) mass is 227 g/mol. The van der Waals surface area contributed by atoms with Crippen molar-refractivity contribution in [2.45, 2.75) is 13.5 Å². The smallest absolute Gasteiger partial charge is 0.236 e. The van der Waals surface area contributed by atoms with Crippen molar-refractivity contribution >= 4 is 0 Å². The quantitative estimate of drug-likeness (QED) is 0.804. The van der Waals surface area contributed by atoms with Crippen molar-refractivity contribution in [2.75, 3.05) is 6.61 Å². The molecule has 0 aliphatic rings. The van der Waals surface area contributed by atoms with Crippen LogP contribution in [0.4, 0.5) is 0 Å². The molecule has 0 unspecified atom stereocenters. The second kappa shape index (κ2) is 5.17. The van der Waals surface area contributed by atoms with Gasteiger partial charge in [-0.15, -0.1) is 5.10 Å². The number of nitriles is 1. The maximum Gasteiger partial charge on any atom is 0.236 e. The van der Waals surface area contributed by atoms with E-state index in [2.05, 4.69) is 5.10 Å². The molecular weight excluding hydrogens is 214 g/mol. The lowest BCUT2D eigenvalue weighted by Gasteiger charge is -2.00. The number of hydrogen-bond donors (Lipinski definition) is 0. The van der Waals surface area contributed by atoms with Crippen LogP contribution in [-0.4, -0.2) is 16.4 Å². The molecule has 1 aromatic carbocycles. The summed E-state index contributed by atoms with van der Waals surface area (Å²) in [5.74, 6) is 0.530. The molecule has 17 heavy (non-hydrogen) atoms. The zero-order valence-corrected chi connectivity index (χ0v) is 9.63. The van der Waals surface area contributed by atoms with Gasteiger partial charge < -0.3 is 4.74 Å². The molecule has 0 saturated carbocycles. The Morgan fingerprint density at radius 2 is 2.12 bits per heavy atom. The van der Waals surface area contributed by atoms with E-state index in [9.17, 15) is 0 Å². The number of hydrogen-bond acceptors (Lipinski definition) is 3. The van der Waals surface area contributed by atoms with E-state index in [0.29, 0.717) is 12.4 Å². The lowest BCUT2D eigenvalue weighted by molar-refractivity contribution is 0.345. The number of ether oxygens (including phenoxy) is 1. The third-order valence-electron chi connectivity index (χ3n) is 2.36. The Morgan fingerprint density at radius 3 is 2.82 bits per heavy atom. The summed E-state index contributed by atoms with van der Waals surface area (Å²) in [6, 6.07) is 12.0. The summed E-state index contributed by atoms with van der Waals surface area (Å²) in [5, 5.41) is 12.7. The van der Waals surface area contributed by atoms with E-state index in [1.807, 2.05) is 54.2 Å². The normalized spacial score (nSPS) is 9.88. The average Bonchev–Trinajstić information content (AvgIpc) is 2.68. The molecular formula is C13H13N3O. The van der Waals surface area contributed by atoms with Crippen molar-refractivity contribution in [3.63, 3.8) is 0 Å². The summed E-state index contributed by atoms with van der Waals surface area (Å²) in [5.41, 5.74) is 2.12. The van der Waals surface area contributed by atoms with E-state index in [4.69, 9.17) is 10.00 Å². The van der Waals surface area contributed by atoms with Crippen LogP contribution >= 0.6 is 0 Å². The molecule has 0 N–H and O–H groups in total. The summed E-state index contributed by atoms with van der Waals surface area (Å²) >= 11 is 0. The second-order valence-corrected chi connectivity index (χ2v) is 3.75. The zero-order chi connectivity index (χ0) is 12.1. The van der Waals surface area contributed by atoms with Crippen molar-refractivity contribution in [3.05, 3.63) is 47.7 Å². The topological polar surface area (TPSA) is 50.8 Å². The van der Waals surface area contributed by atoms with E-state index >= 15 is 0 Å². The summed E-state index contributed by atoms with van der Waals surface area (Å²) < 4.78 is 7.03. The maximum absolute atomic E-state index is 8.45. The van der Waals surface area contributed by atoms with Crippen LogP contribution in [0.3, 0.4) is 0 Å². The van der Waals surface area contributed by atoms with Crippen molar-refractivity contribution in [1.82, 2.24) is 9.78 Å². The maximum atomic E-state index is 8.45. The minimum atomic E-state index is 0.0309. The molecule has 2 aromatic rings. The van der Waals surface area contributed by atoms with Crippen LogP contribution in [0.2, 0.25) is 0 Å². The van der Waals surface area contributed by atoms with E-state index in [1.165, 1.54) is 5.56 Å². The highest BCUT2D eigenvalue weighted by Crippen LogP contribution is 2.15. The molecule has 4 nitrogen and oxygen atoms in total. The SMILES string of the molecule is Cc1cn(Cc2ccccc2)nc1OCC#N. The first-order chi connectivity index (χ1) is 8.29. The van der Waals surface area contributed by atoms with Crippen LogP contribution in [0.5, 0.6) is 5.88 Å². The number of rotatable bonds is 4. The molecule has 2 rings (SSSR count). The molecule has 1 heterocycles. The van der Waals surface area contributed by atoms with Gasteiger partial charge in [-0.1, -0.05) is 30.3 Å². The van der Waals surface area contributed by atoms with Gasteiger partial charge in [0.2, 0.25) is 5.88 Å². The molecule has 0 atom stereocenters. The molecule has 4 heteroatoms. The van der Waals surface area contributed by atoms with Crippen molar-refractivity contribution < 1.29 is 4.74 Å². The van der Waals surface area contributed by atoms with E-state index in [-0.39, 0.29) is 6.61 Å². The third-order valence-corrected chi connectivity index (χ3v) is 2.36. The minimum absolute atomic E-state index is 0.0309. The van der Waals surface area contributed by atoms with Gasteiger partial charge in [0.1, 0.15) is 6.07 Å². The average molecular weight is 227 g/mol. The standard InChI is InChI=1S/C13H13N3O/c1-11-9-16(15-13(11)17-8-7-14)10-12-5-3-2-4-6-12/h2-6,9H,8,10H2,1H3. The fourth-order valence-corrected chi connectivity index (χ4v) is 1.60. The van der Waals surface area contributed by atoms with Crippen molar-refractivity contribution in [2.24, 2.45) is 0 Å². The molecule has 86 valence electrons. The number of aryl methyl sites for hydroxylation is 1. The Balaban J connectivity index is 2.10. The Labute approximate surface area is 100 Å². The lowest BCUT2D eigenvalue weighted by Crippen LogP contribution is -2.01. The van der Waals surface area contributed by atoms with Gasteiger partial charge in [0.25, 0.3) is 0 Å². The van der Waals surface area contributed by atoms with E-state index < -0.39 is 0 Å². The van der Waals surface area contributed by atoms with Gasteiger partial charge in [0, 0.05) is 11.8 Å². The highest BCUT2D eigenvalue weighted by atomic mass is 16.5. The first kappa shape index (κ1) is 11.2. The van der Waals surface area contributed by atoms with Crippen LogP contribution in [0.1, 0.15) is 11.1 Å². The van der Waals surface area contributed by atoms with Gasteiger partial charge in [-0.3, -0.25) is 4.68 Å². The van der Waals surface area contributed by atoms with Crippen LogP contribution in [0.15, 0.2) is 36.5 Å². The van der Waals surface area contributed by atoms with Gasteiger partial charge in [0.15, 0.2) is 6.61 Å². The highest BCUT2D eigenvalue weighted by molar-refractivity contribution is 5.23. The Kier molecular flexibility index (Phi) is 3.41. The fourth-order valence-electron chi connectivity index (χ4n) is 1.60. The molecule has 0 aliphatic carbocycles.